The van der Waals surface area contributed by atoms with Crippen molar-refractivity contribution >= 4 is 33.3 Å². The highest BCUT2D eigenvalue weighted by atomic mass is 35.5. The van der Waals surface area contributed by atoms with E-state index >= 15 is 0 Å². The van der Waals surface area contributed by atoms with Crippen LogP contribution < -0.4 is 10.6 Å². The van der Waals surface area contributed by atoms with Gasteiger partial charge in [-0.05, 0) is 37.1 Å². The molecule has 6 nitrogen and oxygen atoms in total. The van der Waals surface area contributed by atoms with Crippen LogP contribution in [0.15, 0.2) is 29.2 Å². The fourth-order valence-corrected chi connectivity index (χ4v) is 4.15. The van der Waals surface area contributed by atoms with Gasteiger partial charge in [-0.15, -0.1) is 0 Å². The van der Waals surface area contributed by atoms with Crippen LogP contribution >= 0.6 is 11.6 Å². The summed E-state index contributed by atoms with van der Waals surface area (Å²) in [5, 5.41) is 5.81. The molecule has 0 saturated heterocycles. The molecule has 8 heteroatoms. The van der Waals surface area contributed by atoms with Gasteiger partial charge >= 0.3 is 0 Å². The molecule has 138 valence electrons. The fourth-order valence-electron chi connectivity index (χ4n) is 2.78. The first kappa shape index (κ1) is 19.7. The number of carbonyl (C=O) groups is 2. The van der Waals surface area contributed by atoms with Gasteiger partial charge in [0.2, 0.25) is 11.8 Å². The Balaban J connectivity index is 1.72. The highest BCUT2D eigenvalue weighted by molar-refractivity contribution is 7.91. The van der Waals surface area contributed by atoms with Gasteiger partial charge in [0.05, 0.1) is 17.2 Å². The normalized spacial score (nSPS) is 15.6. The third-order valence-corrected chi connectivity index (χ3v) is 6.17. The smallest absolute Gasteiger partial charge is 0.239 e. The Morgan fingerprint density at radius 3 is 2.32 bits per heavy atom. The van der Waals surface area contributed by atoms with E-state index in [4.69, 9.17) is 11.6 Å². The minimum Gasteiger partial charge on any atom is -0.352 e. The summed E-state index contributed by atoms with van der Waals surface area (Å²) >= 11 is 5.73. The van der Waals surface area contributed by atoms with E-state index in [0.29, 0.717) is 5.02 Å². The van der Waals surface area contributed by atoms with Crippen LogP contribution in [0.2, 0.25) is 5.02 Å². The maximum absolute atomic E-state index is 12.1. The molecule has 1 aromatic carbocycles. The van der Waals surface area contributed by atoms with Gasteiger partial charge in [0, 0.05) is 17.5 Å². The number of amides is 2. The van der Waals surface area contributed by atoms with Gasteiger partial charge in [-0.3, -0.25) is 9.59 Å². The summed E-state index contributed by atoms with van der Waals surface area (Å²) in [6.07, 6.45) is 5.17. The predicted molar refractivity (Wildman–Crippen MR) is 96.1 cm³/mol. The zero-order valence-electron chi connectivity index (χ0n) is 14.0. The van der Waals surface area contributed by atoms with Gasteiger partial charge < -0.3 is 10.6 Å². The van der Waals surface area contributed by atoms with Crippen LogP contribution in [0.3, 0.4) is 0 Å². The molecule has 1 saturated carbocycles. The topological polar surface area (TPSA) is 92.3 Å². The maximum Gasteiger partial charge on any atom is 0.239 e. The van der Waals surface area contributed by atoms with Gasteiger partial charge in [-0.25, -0.2) is 8.42 Å². The molecule has 2 rings (SSSR count). The molecular formula is C17H23ClN2O4S. The van der Waals surface area contributed by atoms with E-state index in [9.17, 15) is 18.0 Å². The minimum absolute atomic E-state index is 0.125. The average molecular weight is 387 g/mol. The van der Waals surface area contributed by atoms with Gasteiger partial charge in [-0.1, -0.05) is 30.9 Å². The predicted octanol–water partition coefficient (Wildman–Crippen LogP) is 2.07. The minimum atomic E-state index is -3.55. The molecule has 25 heavy (non-hydrogen) atoms. The Hall–Kier alpha value is -1.60. The van der Waals surface area contributed by atoms with Crippen LogP contribution in [0.4, 0.5) is 0 Å². The number of nitrogens with one attached hydrogen (secondary N) is 2. The number of carbonyl (C=O) groups excluding carboxylic acids is 2. The SMILES string of the molecule is O=C(CCS(=O)(=O)c1ccc(Cl)cc1)NCC(=O)NC1CCCCC1. The van der Waals surface area contributed by atoms with Crippen LogP contribution in [-0.2, 0) is 19.4 Å². The lowest BCUT2D eigenvalue weighted by Crippen LogP contribution is -2.42. The van der Waals surface area contributed by atoms with Crippen molar-refractivity contribution in [2.24, 2.45) is 0 Å². The number of halogens is 1. The molecule has 0 bridgehead atoms. The monoisotopic (exact) mass is 386 g/mol. The van der Waals surface area contributed by atoms with Crippen LogP contribution in [-0.4, -0.2) is 38.6 Å². The van der Waals surface area contributed by atoms with E-state index in [1.165, 1.54) is 30.7 Å². The zero-order valence-corrected chi connectivity index (χ0v) is 15.5. The van der Waals surface area contributed by atoms with E-state index < -0.39 is 15.7 Å². The Labute approximate surface area is 153 Å². The van der Waals surface area contributed by atoms with Gasteiger partial charge in [0.1, 0.15) is 0 Å². The van der Waals surface area contributed by atoms with Crippen LogP contribution in [0.1, 0.15) is 38.5 Å². The number of sulfone groups is 1. The molecule has 0 spiro atoms. The molecule has 0 heterocycles. The van der Waals surface area contributed by atoms with Gasteiger partial charge in [0.25, 0.3) is 0 Å². The third-order valence-electron chi connectivity index (χ3n) is 4.19. The number of rotatable bonds is 7. The first-order chi connectivity index (χ1) is 11.9. The lowest BCUT2D eigenvalue weighted by atomic mass is 9.95. The van der Waals surface area contributed by atoms with Crippen molar-refractivity contribution in [3.05, 3.63) is 29.3 Å². The molecule has 0 radical (unpaired) electrons. The molecule has 1 aliphatic rings. The summed E-state index contributed by atoms with van der Waals surface area (Å²) < 4.78 is 24.3. The molecule has 1 aliphatic carbocycles. The third kappa shape index (κ3) is 6.66. The lowest BCUT2D eigenvalue weighted by molar-refractivity contribution is -0.126. The number of benzene rings is 1. The highest BCUT2D eigenvalue weighted by Gasteiger charge is 2.18. The van der Waals surface area contributed by atoms with Crippen molar-refractivity contribution in [2.75, 3.05) is 12.3 Å². The van der Waals surface area contributed by atoms with Crippen molar-refractivity contribution in [1.29, 1.82) is 0 Å². The Morgan fingerprint density at radius 1 is 1.04 bits per heavy atom. The quantitative estimate of drug-likeness (QED) is 0.750. The molecular weight excluding hydrogens is 364 g/mol. The Kier molecular flexibility index (Phi) is 7.25. The number of hydrogen-bond acceptors (Lipinski definition) is 4. The summed E-state index contributed by atoms with van der Waals surface area (Å²) in [5.74, 6) is -1.01. The van der Waals surface area contributed by atoms with E-state index in [2.05, 4.69) is 10.6 Å². The molecule has 1 fully saturated rings. The van der Waals surface area contributed by atoms with Gasteiger partial charge in [0.15, 0.2) is 9.84 Å². The average Bonchev–Trinajstić information content (AvgIpc) is 2.59. The second-order valence-corrected chi connectivity index (χ2v) is 8.75. The zero-order chi connectivity index (χ0) is 18.3. The molecule has 0 aliphatic heterocycles. The van der Waals surface area contributed by atoms with E-state index in [1.807, 2.05) is 0 Å². The second-order valence-electron chi connectivity index (χ2n) is 6.20. The van der Waals surface area contributed by atoms with Crippen LogP contribution in [0.5, 0.6) is 0 Å². The summed E-state index contributed by atoms with van der Waals surface area (Å²) in [6, 6.07) is 5.98. The summed E-state index contributed by atoms with van der Waals surface area (Å²) in [4.78, 5) is 23.7. The van der Waals surface area contributed by atoms with E-state index in [-0.39, 0.29) is 35.6 Å². The van der Waals surface area contributed by atoms with Crippen LogP contribution in [0, 0.1) is 0 Å². The Bertz CT molecular complexity index is 698. The molecule has 0 atom stereocenters. The molecule has 2 amide bonds. The molecule has 0 unspecified atom stereocenters. The fraction of sp³-hybridized carbons (Fsp3) is 0.529. The standard InChI is InChI=1S/C17H23ClN2O4S/c18-13-6-8-15(9-7-13)25(23,24)11-10-16(21)19-12-17(22)20-14-4-2-1-3-5-14/h6-9,14H,1-5,10-12H2,(H,19,21)(H,20,22). The maximum atomic E-state index is 12.1. The molecule has 1 aromatic rings. The first-order valence-electron chi connectivity index (χ1n) is 8.41. The second kappa shape index (κ2) is 9.20. The van der Waals surface area contributed by atoms with Crippen molar-refractivity contribution in [3.63, 3.8) is 0 Å². The Morgan fingerprint density at radius 2 is 1.68 bits per heavy atom. The van der Waals surface area contributed by atoms with Crippen LogP contribution in [0.25, 0.3) is 0 Å². The summed E-state index contributed by atoms with van der Waals surface area (Å²) in [7, 11) is -3.55. The van der Waals surface area contributed by atoms with E-state index in [0.717, 1.165) is 25.7 Å². The van der Waals surface area contributed by atoms with Crippen molar-refractivity contribution < 1.29 is 18.0 Å². The first-order valence-corrected chi connectivity index (χ1v) is 10.4. The summed E-state index contributed by atoms with van der Waals surface area (Å²) in [6.45, 7) is -0.129. The number of hydrogen-bond donors (Lipinski definition) is 2. The molecule has 0 aromatic heterocycles. The summed E-state index contributed by atoms with van der Waals surface area (Å²) in [5.41, 5.74) is 0. The lowest BCUT2D eigenvalue weighted by Gasteiger charge is -2.22. The van der Waals surface area contributed by atoms with E-state index in [1.54, 1.807) is 0 Å². The van der Waals surface area contributed by atoms with Crippen molar-refractivity contribution in [2.45, 2.75) is 49.5 Å². The largest absolute Gasteiger partial charge is 0.352 e. The highest BCUT2D eigenvalue weighted by Crippen LogP contribution is 2.17. The van der Waals surface area contributed by atoms with Crippen molar-refractivity contribution in [3.8, 4) is 0 Å². The van der Waals surface area contributed by atoms with Crippen molar-refractivity contribution in [1.82, 2.24) is 10.6 Å². The molecule has 2 N–H and O–H groups in total. The van der Waals surface area contributed by atoms with Gasteiger partial charge in [-0.2, -0.15) is 0 Å².